The lowest BCUT2D eigenvalue weighted by molar-refractivity contribution is 0.0515. The number of thiazole rings is 1. The van der Waals surface area contributed by atoms with E-state index in [2.05, 4.69) is 5.32 Å². The van der Waals surface area contributed by atoms with E-state index in [1.165, 1.54) is 11.3 Å². The predicted molar refractivity (Wildman–Crippen MR) is 110 cm³/mol. The Morgan fingerprint density at radius 1 is 1.18 bits per heavy atom. The highest BCUT2D eigenvalue weighted by molar-refractivity contribution is 7.24. The number of benzene rings is 2. The van der Waals surface area contributed by atoms with Gasteiger partial charge in [0, 0.05) is 10.6 Å². The molecule has 0 fully saturated rings. The maximum atomic E-state index is 12.7. The minimum absolute atomic E-state index is 0.0132. The number of nitrogens with zero attached hydrogens (tertiary/aromatic N) is 1. The van der Waals surface area contributed by atoms with E-state index in [1.54, 1.807) is 35.6 Å². The van der Waals surface area contributed by atoms with E-state index in [-0.39, 0.29) is 23.7 Å². The van der Waals surface area contributed by atoms with Crippen LogP contribution in [0.4, 0.5) is 5.69 Å². The van der Waals surface area contributed by atoms with Crippen LogP contribution in [0, 0.1) is 0 Å². The fraction of sp³-hybridized carbons (Fsp3) is 0.100. The van der Waals surface area contributed by atoms with Gasteiger partial charge in [-0.25, -0.2) is 4.79 Å². The van der Waals surface area contributed by atoms with Crippen molar-refractivity contribution in [2.45, 2.75) is 6.92 Å². The molecule has 2 aromatic carbocycles. The third-order valence-electron chi connectivity index (χ3n) is 4.23. The average Bonchev–Trinajstić information content (AvgIpc) is 3.17. The minimum Gasteiger partial charge on any atom is -0.504 e. The van der Waals surface area contributed by atoms with Crippen molar-refractivity contribution in [1.82, 2.24) is 4.40 Å². The molecule has 4 aromatic rings. The van der Waals surface area contributed by atoms with Gasteiger partial charge in [0.05, 0.1) is 16.8 Å². The standard InChI is InChI=1S/C20H15ClN2O4S/c1-2-27-20(26)16-17(24)15(22-18(25)11-7-9-12(21)10-8-11)19-23(16)13-5-3-4-6-14(13)28-19/h3-10,24H,2H2,1H3,(H,22,25). The molecule has 0 radical (unpaired) electrons. The van der Waals surface area contributed by atoms with Crippen LogP contribution in [0.2, 0.25) is 5.02 Å². The zero-order chi connectivity index (χ0) is 19.8. The second-order valence-electron chi connectivity index (χ2n) is 5.96. The van der Waals surface area contributed by atoms with E-state index < -0.39 is 11.9 Å². The van der Waals surface area contributed by atoms with Gasteiger partial charge in [-0.1, -0.05) is 23.7 Å². The molecule has 4 rings (SSSR count). The Morgan fingerprint density at radius 2 is 1.89 bits per heavy atom. The summed E-state index contributed by atoms with van der Waals surface area (Å²) >= 11 is 7.23. The number of carbonyl (C=O) groups is 2. The second-order valence-corrected chi connectivity index (χ2v) is 7.43. The molecule has 28 heavy (non-hydrogen) atoms. The SMILES string of the molecule is CCOC(=O)c1c(O)c(NC(=O)c2ccc(Cl)cc2)c2sc3ccccc3n12. The van der Waals surface area contributed by atoms with Crippen LogP contribution in [0.1, 0.15) is 27.8 Å². The van der Waals surface area contributed by atoms with Crippen LogP contribution >= 0.6 is 22.9 Å². The summed E-state index contributed by atoms with van der Waals surface area (Å²) in [5.41, 5.74) is 1.28. The Labute approximate surface area is 168 Å². The molecule has 0 aliphatic rings. The van der Waals surface area contributed by atoms with Gasteiger partial charge >= 0.3 is 5.97 Å². The third kappa shape index (κ3) is 2.98. The zero-order valence-corrected chi connectivity index (χ0v) is 16.3. The monoisotopic (exact) mass is 414 g/mol. The Hall–Kier alpha value is -3.03. The summed E-state index contributed by atoms with van der Waals surface area (Å²) in [4.78, 5) is 25.7. The molecule has 6 nitrogen and oxygen atoms in total. The van der Waals surface area contributed by atoms with E-state index in [4.69, 9.17) is 16.3 Å². The molecule has 2 N–H and O–H groups in total. The summed E-state index contributed by atoms with van der Waals surface area (Å²) in [5, 5.41) is 14.0. The molecule has 0 saturated carbocycles. The number of aromatic nitrogens is 1. The number of nitrogens with one attached hydrogen (secondary N) is 1. The summed E-state index contributed by atoms with van der Waals surface area (Å²) < 4.78 is 7.63. The summed E-state index contributed by atoms with van der Waals surface area (Å²) in [6.45, 7) is 1.86. The summed E-state index contributed by atoms with van der Waals surface area (Å²) in [5.74, 6) is -1.41. The van der Waals surface area contributed by atoms with E-state index >= 15 is 0 Å². The van der Waals surface area contributed by atoms with Crippen LogP contribution < -0.4 is 5.32 Å². The van der Waals surface area contributed by atoms with Crippen LogP contribution in [0.15, 0.2) is 48.5 Å². The summed E-state index contributed by atoms with van der Waals surface area (Å²) in [7, 11) is 0. The van der Waals surface area contributed by atoms with E-state index in [1.807, 2.05) is 24.3 Å². The van der Waals surface area contributed by atoms with Crippen LogP contribution in [0.25, 0.3) is 15.0 Å². The summed E-state index contributed by atoms with van der Waals surface area (Å²) in [6.07, 6.45) is 0. The molecule has 0 spiro atoms. The normalized spacial score (nSPS) is 11.1. The number of hydrogen-bond acceptors (Lipinski definition) is 5. The van der Waals surface area contributed by atoms with Crippen molar-refractivity contribution >= 4 is 55.5 Å². The topological polar surface area (TPSA) is 80.0 Å². The quantitative estimate of drug-likeness (QED) is 0.463. The number of hydrogen-bond donors (Lipinski definition) is 2. The number of para-hydroxylation sites is 1. The number of amides is 1. The molecular weight excluding hydrogens is 400 g/mol. The molecule has 0 atom stereocenters. The molecule has 2 aromatic heterocycles. The lowest BCUT2D eigenvalue weighted by Gasteiger charge is -2.05. The lowest BCUT2D eigenvalue weighted by Crippen LogP contribution is -2.11. The largest absolute Gasteiger partial charge is 0.504 e. The van der Waals surface area contributed by atoms with Crippen molar-refractivity contribution in [2.75, 3.05) is 11.9 Å². The van der Waals surface area contributed by atoms with E-state index in [9.17, 15) is 14.7 Å². The van der Waals surface area contributed by atoms with Gasteiger partial charge in [0.15, 0.2) is 11.4 Å². The first kappa shape index (κ1) is 18.3. The third-order valence-corrected chi connectivity index (χ3v) is 5.63. The number of esters is 1. The highest BCUT2D eigenvalue weighted by Gasteiger charge is 2.28. The van der Waals surface area contributed by atoms with Crippen molar-refractivity contribution in [3.05, 3.63) is 64.8 Å². The minimum atomic E-state index is -0.662. The fourth-order valence-electron chi connectivity index (χ4n) is 2.98. The van der Waals surface area contributed by atoms with Crippen molar-refractivity contribution in [2.24, 2.45) is 0 Å². The van der Waals surface area contributed by atoms with Crippen LogP contribution in [0.3, 0.4) is 0 Å². The van der Waals surface area contributed by atoms with Crippen molar-refractivity contribution in [1.29, 1.82) is 0 Å². The number of halogens is 1. The Balaban J connectivity index is 1.88. The second kappa shape index (κ2) is 7.18. The van der Waals surface area contributed by atoms with Gasteiger partial charge in [-0.15, -0.1) is 11.3 Å². The zero-order valence-electron chi connectivity index (χ0n) is 14.7. The molecule has 0 bridgehead atoms. The number of anilines is 1. The highest BCUT2D eigenvalue weighted by atomic mass is 35.5. The smallest absolute Gasteiger partial charge is 0.359 e. The average molecular weight is 415 g/mol. The molecule has 0 unspecified atom stereocenters. The van der Waals surface area contributed by atoms with Gasteiger partial charge in [0.1, 0.15) is 10.5 Å². The fourth-order valence-corrected chi connectivity index (χ4v) is 4.26. The van der Waals surface area contributed by atoms with E-state index in [0.717, 1.165) is 10.2 Å². The molecule has 2 heterocycles. The van der Waals surface area contributed by atoms with E-state index in [0.29, 0.717) is 15.4 Å². The molecule has 0 aliphatic heterocycles. The number of fused-ring (bicyclic) bond motifs is 3. The molecular formula is C20H15ClN2O4S. The van der Waals surface area contributed by atoms with Crippen LogP contribution in [-0.4, -0.2) is 28.0 Å². The maximum absolute atomic E-state index is 12.7. The Kier molecular flexibility index (Phi) is 4.70. The van der Waals surface area contributed by atoms with Gasteiger partial charge in [0.25, 0.3) is 5.91 Å². The predicted octanol–water partition coefficient (Wildman–Crippen LogP) is 4.94. The van der Waals surface area contributed by atoms with Crippen molar-refractivity contribution in [3.8, 4) is 5.75 Å². The van der Waals surface area contributed by atoms with Gasteiger partial charge in [-0.2, -0.15) is 0 Å². The highest BCUT2D eigenvalue weighted by Crippen LogP contribution is 2.42. The molecule has 1 amide bonds. The van der Waals surface area contributed by atoms with Gasteiger partial charge in [-0.3, -0.25) is 9.20 Å². The van der Waals surface area contributed by atoms with Gasteiger partial charge < -0.3 is 15.2 Å². The van der Waals surface area contributed by atoms with Gasteiger partial charge in [-0.05, 0) is 43.3 Å². The first-order valence-corrected chi connectivity index (χ1v) is 9.69. The molecule has 0 saturated heterocycles. The summed E-state index contributed by atoms with van der Waals surface area (Å²) in [6, 6.07) is 13.8. The number of carbonyl (C=O) groups excluding carboxylic acids is 2. The Morgan fingerprint density at radius 3 is 2.61 bits per heavy atom. The first-order chi connectivity index (χ1) is 13.5. The molecule has 0 aliphatic carbocycles. The molecule has 8 heteroatoms. The Bertz CT molecular complexity index is 1210. The lowest BCUT2D eigenvalue weighted by atomic mass is 10.2. The van der Waals surface area contributed by atoms with Crippen molar-refractivity contribution in [3.63, 3.8) is 0 Å². The van der Waals surface area contributed by atoms with Gasteiger partial charge in [0.2, 0.25) is 0 Å². The van der Waals surface area contributed by atoms with Crippen molar-refractivity contribution < 1.29 is 19.4 Å². The number of rotatable bonds is 4. The number of aromatic hydroxyl groups is 1. The van der Waals surface area contributed by atoms with Crippen LogP contribution in [0.5, 0.6) is 5.75 Å². The maximum Gasteiger partial charge on any atom is 0.359 e. The number of ether oxygens (including phenoxy) is 1. The van der Waals surface area contributed by atoms with Crippen LogP contribution in [-0.2, 0) is 4.74 Å². The molecule has 142 valence electrons. The first-order valence-electron chi connectivity index (χ1n) is 8.50.